The number of imidazole rings is 1. The van der Waals surface area contributed by atoms with Crippen LogP contribution in [0.15, 0.2) is 36.8 Å². The molecule has 0 aliphatic rings. The van der Waals surface area contributed by atoms with Crippen LogP contribution >= 0.6 is 0 Å². The van der Waals surface area contributed by atoms with Crippen LogP contribution in [0.2, 0.25) is 0 Å². The summed E-state index contributed by atoms with van der Waals surface area (Å²) in [6.07, 6.45) is 4.55. The lowest BCUT2D eigenvalue weighted by Gasteiger charge is -2.04. The molecular weight excluding hydrogens is 207 g/mol. The molecule has 4 heteroatoms. The molecule has 0 unspecified atom stereocenters. The quantitative estimate of drug-likeness (QED) is 0.736. The van der Waals surface area contributed by atoms with E-state index < -0.39 is 0 Å². The fraction of sp³-hybridized carbons (Fsp3) is 0.167. The largest absolute Gasteiger partial charge is 0.328 e. The minimum Gasteiger partial charge on any atom is -0.328 e. The number of aromatic nitrogens is 2. The van der Waals surface area contributed by atoms with Crippen molar-refractivity contribution in [3.63, 3.8) is 0 Å². The van der Waals surface area contributed by atoms with Gasteiger partial charge in [0, 0.05) is 6.54 Å². The predicted octanol–water partition coefficient (Wildman–Crippen LogP) is 2.08. The summed E-state index contributed by atoms with van der Waals surface area (Å²) in [5, 5.41) is 0. The number of hydrogen-bond acceptors (Lipinski definition) is 2. The normalized spacial score (nSPS) is 10.3. The molecule has 0 aliphatic heterocycles. The summed E-state index contributed by atoms with van der Waals surface area (Å²) >= 11 is 0. The zero-order valence-corrected chi connectivity index (χ0v) is 8.64. The van der Waals surface area contributed by atoms with Crippen molar-refractivity contribution in [2.24, 2.45) is 0 Å². The Kier molecular flexibility index (Phi) is 3.10. The Morgan fingerprint density at radius 3 is 3.06 bits per heavy atom. The SMILES string of the molecule is O=Cc1cncn1CCc1cccc(F)c1. The molecule has 0 saturated carbocycles. The lowest BCUT2D eigenvalue weighted by molar-refractivity contribution is 0.111. The van der Waals surface area contributed by atoms with Crippen LogP contribution in [0.4, 0.5) is 4.39 Å². The van der Waals surface area contributed by atoms with Gasteiger partial charge in [0.2, 0.25) is 0 Å². The third kappa shape index (κ3) is 2.34. The summed E-state index contributed by atoms with van der Waals surface area (Å²) in [4.78, 5) is 14.5. The second kappa shape index (κ2) is 4.70. The van der Waals surface area contributed by atoms with Gasteiger partial charge >= 0.3 is 0 Å². The monoisotopic (exact) mass is 218 g/mol. The van der Waals surface area contributed by atoms with Crippen molar-refractivity contribution in [3.8, 4) is 0 Å². The molecule has 2 aromatic rings. The third-order valence-corrected chi connectivity index (χ3v) is 2.40. The van der Waals surface area contributed by atoms with E-state index in [1.54, 1.807) is 17.0 Å². The summed E-state index contributed by atoms with van der Waals surface area (Å²) < 4.78 is 14.7. The molecule has 16 heavy (non-hydrogen) atoms. The van der Waals surface area contributed by atoms with E-state index in [1.165, 1.54) is 18.3 Å². The van der Waals surface area contributed by atoms with Gasteiger partial charge in [-0.3, -0.25) is 4.79 Å². The molecule has 0 atom stereocenters. The van der Waals surface area contributed by atoms with E-state index in [2.05, 4.69) is 4.98 Å². The van der Waals surface area contributed by atoms with Crippen LogP contribution in [-0.4, -0.2) is 15.8 Å². The Labute approximate surface area is 92.5 Å². The summed E-state index contributed by atoms with van der Waals surface area (Å²) in [5.41, 5.74) is 1.45. The molecule has 0 aliphatic carbocycles. The van der Waals surface area contributed by atoms with Crippen LogP contribution < -0.4 is 0 Å². The molecule has 82 valence electrons. The van der Waals surface area contributed by atoms with Crippen LogP contribution in [0.1, 0.15) is 16.1 Å². The highest BCUT2D eigenvalue weighted by Crippen LogP contribution is 2.06. The fourth-order valence-electron chi connectivity index (χ4n) is 1.56. The average Bonchev–Trinajstić information content (AvgIpc) is 2.74. The molecule has 0 N–H and O–H groups in total. The molecule has 0 saturated heterocycles. The topological polar surface area (TPSA) is 34.9 Å². The average molecular weight is 218 g/mol. The molecule has 0 bridgehead atoms. The smallest absolute Gasteiger partial charge is 0.168 e. The van der Waals surface area contributed by atoms with Crippen molar-refractivity contribution < 1.29 is 9.18 Å². The third-order valence-electron chi connectivity index (χ3n) is 2.40. The van der Waals surface area contributed by atoms with Crippen LogP contribution in [0.5, 0.6) is 0 Å². The van der Waals surface area contributed by atoms with E-state index >= 15 is 0 Å². The van der Waals surface area contributed by atoms with Gasteiger partial charge in [-0.15, -0.1) is 0 Å². The maximum atomic E-state index is 12.9. The van der Waals surface area contributed by atoms with Crippen molar-refractivity contribution in [1.29, 1.82) is 0 Å². The maximum absolute atomic E-state index is 12.9. The molecule has 1 heterocycles. The number of aldehydes is 1. The number of rotatable bonds is 4. The summed E-state index contributed by atoms with van der Waals surface area (Å²) in [6, 6.07) is 6.45. The Balaban J connectivity index is 2.05. The first kappa shape index (κ1) is 10.5. The zero-order valence-electron chi connectivity index (χ0n) is 8.64. The maximum Gasteiger partial charge on any atom is 0.168 e. The minimum atomic E-state index is -0.237. The number of nitrogens with zero attached hydrogens (tertiary/aromatic N) is 2. The standard InChI is InChI=1S/C12H11FN2O/c13-11-3-1-2-10(6-11)4-5-15-9-14-7-12(15)8-16/h1-3,6-9H,4-5H2. The van der Waals surface area contributed by atoms with Crippen LogP contribution in [-0.2, 0) is 13.0 Å². The van der Waals surface area contributed by atoms with Gasteiger partial charge in [0.05, 0.1) is 12.5 Å². The number of hydrogen-bond donors (Lipinski definition) is 0. The molecule has 0 spiro atoms. The van der Waals surface area contributed by atoms with E-state index in [-0.39, 0.29) is 5.82 Å². The Morgan fingerprint density at radius 1 is 1.44 bits per heavy atom. The van der Waals surface area contributed by atoms with E-state index in [0.29, 0.717) is 18.7 Å². The first-order valence-electron chi connectivity index (χ1n) is 4.99. The van der Waals surface area contributed by atoms with E-state index in [9.17, 15) is 9.18 Å². The van der Waals surface area contributed by atoms with Gasteiger partial charge in [-0.2, -0.15) is 0 Å². The van der Waals surface area contributed by atoms with Gasteiger partial charge in [-0.05, 0) is 24.1 Å². The highest BCUT2D eigenvalue weighted by molar-refractivity contribution is 5.71. The number of carbonyl (C=O) groups excluding carboxylic acids is 1. The first-order valence-corrected chi connectivity index (χ1v) is 4.99. The van der Waals surface area contributed by atoms with Crippen molar-refractivity contribution in [2.45, 2.75) is 13.0 Å². The lowest BCUT2D eigenvalue weighted by Crippen LogP contribution is -2.03. The van der Waals surface area contributed by atoms with Crippen LogP contribution in [0.25, 0.3) is 0 Å². The van der Waals surface area contributed by atoms with Gasteiger partial charge in [-0.25, -0.2) is 9.37 Å². The molecule has 1 aromatic carbocycles. The van der Waals surface area contributed by atoms with E-state index in [0.717, 1.165) is 11.8 Å². The van der Waals surface area contributed by atoms with Crippen molar-refractivity contribution >= 4 is 6.29 Å². The fourth-order valence-corrected chi connectivity index (χ4v) is 1.56. The molecular formula is C12H11FN2O. The predicted molar refractivity (Wildman–Crippen MR) is 57.7 cm³/mol. The van der Waals surface area contributed by atoms with Gasteiger partial charge in [0.15, 0.2) is 6.29 Å². The van der Waals surface area contributed by atoms with Gasteiger partial charge in [-0.1, -0.05) is 12.1 Å². The first-order chi connectivity index (χ1) is 7.79. The number of carbonyl (C=O) groups is 1. The van der Waals surface area contributed by atoms with Crippen molar-refractivity contribution in [3.05, 3.63) is 53.9 Å². The van der Waals surface area contributed by atoms with Gasteiger partial charge in [0.1, 0.15) is 11.5 Å². The van der Waals surface area contributed by atoms with Gasteiger partial charge < -0.3 is 4.57 Å². The Hall–Kier alpha value is -1.97. The minimum absolute atomic E-state index is 0.237. The second-order valence-electron chi connectivity index (χ2n) is 3.51. The highest BCUT2D eigenvalue weighted by atomic mass is 19.1. The lowest BCUT2D eigenvalue weighted by atomic mass is 10.1. The van der Waals surface area contributed by atoms with E-state index in [4.69, 9.17) is 0 Å². The number of benzene rings is 1. The Bertz CT molecular complexity index is 493. The zero-order chi connectivity index (χ0) is 11.4. The molecule has 0 radical (unpaired) electrons. The Morgan fingerprint density at radius 2 is 2.31 bits per heavy atom. The molecule has 3 nitrogen and oxygen atoms in total. The van der Waals surface area contributed by atoms with Crippen molar-refractivity contribution in [2.75, 3.05) is 0 Å². The summed E-state index contributed by atoms with van der Waals surface area (Å²) in [5.74, 6) is -0.237. The number of aryl methyl sites for hydroxylation is 2. The molecule has 0 amide bonds. The molecule has 0 fully saturated rings. The van der Waals surface area contributed by atoms with Gasteiger partial charge in [0.25, 0.3) is 0 Å². The molecule has 1 aromatic heterocycles. The summed E-state index contributed by atoms with van der Waals surface area (Å²) in [6.45, 7) is 0.623. The van der Waals surface area contributed by atoms with E-state index in [1.807, 2.05) is 6.07 Å². The molecule has 2 rings (SSSR count). The number of halogens is 1. The summed E-state index contributed by atoms with van der Waals surface area (Å²) in [7, 11) is 0. The highest BCUT2D eigenvalue weighted by Gasteiger charge is 2.01. The van der Waals surface area contributed by atoms with Crippen molar-refractivity contribution in [1.82, 2.24) is 9.55 Å². The second-order valence-corrected chi connectivity index (χ2v) is 3.51. The van der Waals surface area contributed by atoms with Crippen LogP contribution in [0.3, 0.4) is 0 Å². The van der Waals surface area contributed by atoms with Crippen LogP contribution in [0, 0.1) is 5.82 Å².